The molecule has 1 saturated heterocycles. The Morgan fingerprint density at radius 2 is 1.93 bits per heavy atom. The Kier molecular flexibility index (Phi) is 5.80. The van der Waals surface area contributed by atoms with Gasteiger partial charge in [-0.15, -0.1) is 11.3 Å². The summed E-state index contributed by atoms with van der Waals surface area (Å²) >= 11 is 1.36. The summed E-state index contributed by atoms with van der Waals surface area (Å²) in [5, 5.41) is 3.66. The Balaban J connectivity index is 1.49. The first-order valence-corrected chi connectivity index (χ1v) is 11.1. The Hall–Kier alpha value is -1.77. The minimum atomic E-state index is -0.0887. The third-order valence-corrected chi connectivity index (χ3v) is 7.11. The number of thiophene rings is 1. The van der Waals surface area contributed by atoms with Gasteiger partial charge >= 0.3 is 0 Å². The topological polar surface area (TPSA) is 70.5 Å². The van der Waals surface area contributed by atoms with Crippen molar-refractivity contribution in [2.24, 2.45) is 0 Å². The number of aryl methyl sites for hydroxylation is 2. The zero-order valence-electron chi connectivity index (χ0n) is 16.8. The van der Waals surface area contributed by atoms with Gasteiger partial charge < -0.3 is 10.2 Å². The van der Waals surface area contributed by atoms with Gasteiger partial charge in [0.25, 0.3) is 11.5 Å². The lowest BCUT2D eigenvalue weighted by Gasteiger charge is -2.32. The summed E-state index contributed by atoms with van der Waals surface area (Å²) < 4.78 is 1.82. The van der Waals surface area contributed by atoms with Crippen molar-refractivity contribution in [3.63, 3.8) is 0 Å². The number of piperazine rings is 1. The summed E-state index contributed by atoms with van der Waals surface area (Å²) in [6, 6.07) is 0. The van der Waals surface area contributed by atoms with Crippen LogP contribution in [-0.4, -0.2) is 71.6 Å². The molecule has 7 nitrogen and oxygen atoms in total. The lowest BCUT2D eigenvalue weighted by Crippen LogP contribution is -2.46. The standard InChI is InChI=1S/C20H29N5O2S/c1-14-16-19(22-15-6-4-3-5-8-25(15)20(16)27)28-17(14)18(26)21-7-9-24-12-10-23(2)11-13-24/h3-13H2,1-2H3,(H,21,26). The molecule has 2 aromatic heterocycles. The number of nitrogens with one attached hydrogen (secondary N) is 1. The molecule has 1 fully saturated rings. The van der Waals surface area contributed by atoms with Crippen molar-refractivity contribution >= 4 is 27.5 Å². The second-order valence-electron chi connectivity index (χ2n) is 7.93. The van der Waals surface area contributed by atoms with Gasteiger partial charge in [0.05, 0.1) is 10.3 Å². The molecule has 1 amide bonds. The maximum absolute atomic E-state index is 13.0. The van der Waals surface area contributed by atoms with Gasteiger partial charge in [-0.05, 0) is 32.4 Å². The molecule has 1 N–H and O–H groups in total. The molecular formula is C20H29N5O2S. The zero-order chi connectivity index (χ0) is 19.7. The number of hydrogen-bond donors (Lipinski definition) is 1. The van der Waals surface area contributed by atoms with Crippen molar-refractivity contribution in [3.8, 4) is 0 Å². The lowest BCUT2D eigenvalue weighted by molar-refractivity contribution is 0.0944. The quantitative estimate of drug-likeness (QED) is 0.837. The van der Waals surface area contributed by atoms with E-state index in [9.17, 15) is 9.59 Å². The molecule has 8 heteroatoms. The van der Waals surface area contributed by atoms with Gasteiger partial charge in [0, 0.05) is 52.2 Å². The van der Waals surface area contributed by atoms with Gasteiger partial charge in [-0.3, -0.25) is 19.1 Å². The molecule has 0 aromatic carbocycles. The molecule has 0 radical (unpaired) electrons. The van der Waals surface area contributed by atoms with Gasteiger partial charge in [0.15, 0.2) is 0 Å². The summed E-state index contributed by atoms with van der Waals surface area (Å²) in [5.41, 5.74) is 0.793. The second-order valence-corrected chi connectivity index (χ2v) is 8.93. The van der Waals surface area contributed by atoms with Crippen LogP contribution in [0.4, 0.5) is 0 Å². The first-order valence-electron chi connectivity index (χ1n) is 10.3. The Bertz CT molecular complexity index is 927. The summed E-state index contributed by atoms with van der Waals surface area (Å²) in [6.45, 7) is 8.33. The number of carbonyl (C=O) groups is 1. The summed E-state index contributed by atoms with van der Waals surface area (Å²) in [7, 11) is 2.14. The molecule has 2 aliphatic heterocycles. The van der Waals surface area contributed by atoms with Gasteiger partial charge in [0.2, 0.25) is 0 Å². The number of nitrogens with zero attached hydrogens (tertiary/aromatic N) is 4. The molecule has 2 aromatic rings. The predicted octanol–water partition coefficient (Wildman–Crippen LogP) is 1.47. The highest BCUT2D eigenvalue weighted by molar-refractivity contribution is 7.20. The largest absolute Gasteiger partial charge is 0.350 e. The predicted molar refractivity (Wildman–Crippen MR) is 112 cm³/mol. The van der Waals surface area contributed by atoms with Crippen LogP contribution in [0.3, 0.4) is 0 Å². The average molecular weight is 404 g/mol. The SMILES string of the molecule is Cc1c(C(=O)NCCN2CCN(C)CC2)sc2nc3n(c(=O)c12)CCCCC3. The molecule has 2 aliphatic rings. The lowest BCUT2D eigenvalue weighted by atomic mass is 10.2. The number of carbonyl (C=O) groups excluding carboxylic acids is 1. The van der Waals surface area contributed by atoms with Gasteiger partial charge in [-0.1, -0.05) is 6.42 Å². The van der Waals surface area contributed by atoms with E-state index in [0.717, 1.165) is 76.3 Å². The minimum absolute atomic E-state index is 0.0205. The van der Waals surface area contributed by atoms with Crippen LogP contribution >= 0.6 is 11.3 Å². The summed E-state index contributed by atoms with van der Waals surface area (Å²) in [6.07, 6.45) is 4.07. The fourth-order valence-corrected chi connectivity index (χ4v) is 5.21. The van der Waals surface area contributed by atoms with Crippen LogP contribution in [0.1, 0.15) is 40.3 Å². The van der Waals surface area contributed by atoms with Crippen molar-refractivity contribution in [2.45, 2.75) is 39.2 Å². The fraction of sp³-hybridized carbons (Fsp3) is 0.650. The monoisotopic (exact) mass is 403 g/mol. The number of likely N-dealkylation sites (N-methyl/N-ethyl adjacent to an activating group) is 1. The van der Waals surface area contributed by atoms with E-state index in [1.165, 1.54) is 11.3 Å². The van der Waals surface area contributed by atoms with E-state index in [2.05, 4.69) is 22.2 Å². The first kappa shape index (κ1) is 19.5. The third kappa shape index (κ3) is 3.86. The summed E-state index contributed by atoms with van der Waals surface area (Å²) in [5.74, 6) is 0.785. The molecule has 0 spiro atoms. The van der Waals surface area contributed by atoms with Crippen molar-refractivity contribution in [2.75, 3.05) is 46.3 Å². The molecule has 0 bridgehead atoms. The van der Waals surface area contributed by atoms with Crippen LogP contribution in [0.5, 0.6) is 0 Å². The van der Waals surface area contributed by atoms with Crippen LogP contribution in [0, 0.1) is 6.92 Å². The molecule has 0 saturated carbocycles. The van der Waals surface area contributed by atoms with Crippen molar-refractivity contribution < 1.29 is 4.79 Å². The molecule has 4 heterocycles. The molecule has 0 atom stereocenters. The second kappa shape index (κ2) is 8.31. The van der Waals surface area contributed by atoms with E-state index in [-0.39, 0.29) is 11.5 Å². The van der Waals surface area contributed by atoms with E-state index in [4.69, 9.17) is 4.98 Å². The molecule has 152 valence electrons. The van der Waals surface area contributed by atoms with E-state index in [1.54, 1.807) is 0 Å². The highest BCUT2D eigenvalue weighted by Crippen LogP contribution is 2.28. The number of rotatable bonds is 4. The normalized spacial score (nSPS) is 18.8. The Morgan fingerprint density at radius 1 is 1.14 bits per heavy atom. The zero-order valence-corrected chi connectivity index (χ0v) is 17.6. The van der Waals surface area contributed by atoms with Gasteiger partial charge in [-0.25, -0.2) is 4.98 Å². The maximum Gasteiger partial charge on any atom is 0.262 e. The third-order valence-electron chi connectivity index (χ3n) is 5.93. The molecule has 0 unspecified atom stereocenters. The maximum atomic E-state index is 13.0. The highest BCUT2D eigenvalue weighted by Gasteiger charge is 2.22. The van der Waals surface area contributed by atoms with Crippen LogP contribution in [0.2, 0.25) is 0 Å². The van der Waals surface area contributed by atoms with E-state index in [0.29, 0.717) is 21.6 Å². The number of hydrogen-bond acceptors (Lipinski definition) is 6. The first-order chi connectivity index (χ1) is 13.5. The Morgan fingerprint density at radius 3 is 2.71 bits per heavy atom. The van der Waals surface area contributed by atoms with Crippen LogP contribution < -0.4 is 10.9 Å². The minimum Gasteiger partial charge on any atom is -0.350 e. The number of fused-ring (bicyclic) bond motifs is 2. The van der Waals surface area contributed by atoms with Crippen molar-refractivity contribution in [1.29, 1.82) is 0 Å². The molecule has 0 aliphatic carbocycles. The van der Waals surface area contributed by atoms with Crippen LogP contribution in [-0.2, 0) is 13.0 Å². The van der Waals surface area contributed by atoms with Crippen LogP contribution in [0.15, 0.2) is 4.79 Å². The summed E-state index contributed by atoms with van der Waals surface area (Å²) in [4.78, 5) is 36.6. The van der Waals surface area contributed by atoms with Crippen molar-refractivity contribution in [3.05, 3.63) is 26.6 Å². The molecule has 28 heavy (non-hydrogen) atoms. The molecule has 4 rings (SSSR count). The highest BCUT2D eigenvalue weighted by atomic mass is 32.1. The van der Waals surface area contributed by atoms with E-state index < -0.39 is 0 Å². The number of aromatic nitrogens is 2. The van der Waals surface area contributed by atoms with E-state index in [1.807, 2.05) is 11.5 Å². The smallest absolute Gasteiger partial charge is 0.262 e. The van der Waals surface area contributed by atoms with Gasteiger partial charge in [0.1, 0.15) is 10.7 Å². The van der Waals surface area contributed by atoms with Gasteiger partial charge in [-0.2, -0.15) is 0 Å². The molecular weight excluding hydrogens is 374 g/mol. The van der Waals surface area contributed by atoms with Crippen LogP contribution in [0.25, 0.3) is 10.2 Å². The van der Waals surface area contributed by atoms with Crippen molar-refractivity contribution in [1.82, 2.24) is 24.7 Å². The fourth-order valence-electron chi connectivity index (χ4n) is 4.11. The Labute approximate surface area is 169 Å². The average Bonchev–Trinajstić information content (AvgIpc) is 2.85. The van der Waals surface area contributed by atoms with E-state index >= 15 is 0 Å². The number of amides is 1.